The number of rotatable bonds is 7. The van der Waals surface area contributed by atoms with Gasteiger partial charge in [-0.3, -0.25) is 24.4 Å². The van der Waals surface area contributed by atoms with Crippen molar-refractivity contribution in [2.45, 2.75) is 58.7 Å². The normalized spacial score (nSPS) is 17.3. The Hall–Kier alpha value is -3.62. The number of hydrogen-bond acceptors (Lipinski definition) is 7. The zero-order chi connectivity index (χ0) is 24.5. The van der Waals surface area contributed by atoms with Crippen molar-refractivity contribution in [3.8, 4) is 0 Å². The largest absolute Gasteiger partial charge is 0.445 e. The van der Waals surface area contributed by atoms with Gasteiger partial charge in [-0.05, 0) is 30.7 Å². The van der Waals surface area contributed by atoms with Gasteiger partial charge in [0.25, 0.3) is 5.91 Å². The van der Waals surface area contributed by atoms with Crippen LogP contribution in [0.5, 0.6) is 0 Å². The van der Waals surface area contributed by atoms with Gasteiger partial charge in [0, 0.05) is 24.7 Å². The number of amides is 2. The Balaban J connectivity index is 1.62. The maximum atomic E-state index is 13.1. The number of carbonyl (C=O) groups excluding carboxylic acids is 4. The first-order chi connectivity index (χ1) is 16.3. The van der Waals surface area contributed by atoms with Gasteiger partial charge in [0.1, 0.15) is 6.61 Å². The van der Waals surface area contributed by atoms with Crippen LogP contribution in [0.3, 0.4) is 0 Å². The fourth-order valence-corrected chi connectivity index (χ4v) is 3.91. The number of Topliss-reactive ketones (excluding diaryl/α,β-unsaturated/α-hetero) is 2. The maximum Gasteiger partial charge on any atom is 0.408 e. The third-order valence-electron chi connectivity index (χ3n) is 5.78. The smallest absolute Gasteiger partial charge is 0.408 e. The number of hydrogen-bond donors (Lipinski definition) is 2. The van der Waals surface area contributed by atoms with Gasteiger partial charge in [-0.25, -0.2) is 4.79 Å². The number of aryl methyl sites for hydroxylation is 1. The lowest BCUT2D eigenvalue weighted by Gasteiger charge is -2.23. The van der Waals surface area contributed by atoms with Crippen LogP contribution in [0.2, 0.25) is 0 Å². The molecule has 2 heterocycles. The quantitative estimate of drug-likeness (QED) is 0.600. The second kappa shape index (κ2) is 12.0. The Kier molecular flexibility index (Phi) is 8.84. The van der Waals surface area contributed by atoms with Gasteiger partial charge < -0.3 is 15.4 Å². The van der Waals surface area contributed by atoms with Gasteiger partial charge in [-0.1, -0.05) is 44.2 Å². The van der Waals surface area contributed by atoms with Crippen LogP contribution in [0.15, 0.2) is 42.7 Å². The molecule has 2 amide bonds. The third kappa shape index (κ3) is 6.94. The summed E-state index contributed by atoms with van der Waals surface area (Å²) in [5.74, 6) is -2.67. The number of ketones is 2. The molecule has 1 aromatic carbocycles. The molecule has 2 aromatic rings. The minimum absolute atomic E-state index is 0.0807. The Morgan fingerprint density at radius 2 is 1.82 bits per heavy atom. The van der Waals surface area contributed by atoms with Crippen LogP contribution in [0.4, 0.5) is 4.79 Å². The molecule has 2 N–H and O–H groups in total. The Labute approximate surface area is 198 Å². The minimum atomic E-state index is -0.832. The summed E-state index contributed by atoms with van der Waals surface area (Å²) in [6.45, 7) is 3.80. The van der Waals surface area contributed by atoms with E-state index in [0.29, 0.717) is 25.0 Å². The molecule has 2 atom stereocenters. The van der Waals surface area contributed by atoms with Crippen molar-refractivity contribution in [1.29, 1.82) is 0 Å². The Morgan fingerprint density at radius 1 is 1.12 bits per heavy atom. The molecule has 1 aliphatic heterocycles. The van der Waals surface area contributed by atoms with Crippen molar-refractivity contribution < 1.29 is 23.9 Å². The lowest BCUT2D eigenvalue weighted by Crippen LogP contribution is -2.46. The van der Waals surface area contributed by atoms with Crippen molar-refractivity contribution in [2.75, 3.05) is 0 Å². The van der Waals surface area contributed by atoms with E-state index in [9.17, 15) is 19.2 Å². The van der Waals surface area contributed by atoms with Gasteiger partial charge in [-0.15, -0.1) is 0 Å². The molecule has 0 fully saturated rings. The first-order valence-electron chi connectivity index (χ1n) is 11.5. The number of alkyl carbamates (subject to hydrolysis) is 1. The lowest BCUT2D eigenvalue weighted by molar-refractivity contribution is -0.141. The van der Waals surface area contributed by atoms with E-state index in [0.717, 1.165) is 11.3 Å². The van der Waals surface area contributed by atoms with Crippen LogP contribution < -0.4 is 10.6 Å². The average molecular weight is 467 g/mol. The van der Waals surface area contributed by atoms with Gasteiger partial charge in [-0.2, -0.15) is 0 Å². The highest BCUT2D eigenvalue weighted by atomic mass is 16.5. The van der Waals surface area contributed by atoms with Crippen molar-refractivity contribution in [3.63, 3.8) is 0 Å². The second-order valence-corrected chi connectivity index (χ2v) is 8.68. The molecule has 0 aliphatic carbocycles. The number of nitrogens with one attached hydrogen (secondary N) is 2. The van der Waals surface area contributed by atoms with Crippen molar-refractivity contribution in [3.05, 3.63) is 59.7 Å². The van der Waals surface area contributed by atoms with Gasteiger partial charge in [0.15, 0.2) is 5.78 Å². The summed E-state index contributed by atoms with van der Waals surface area (Å²) >= 11 is 0. The predicted octanol–water partition coefficient (Wildman–Crippen LogP) is 2.52. The third-order valence-corrected chi connectivity index (χ3v) is 5.78. The predicted molar refractivity (Wildman–Crippen MR) is 123 cm³/mol. The zero-order valence-electron chi connectivity index (χ0n) is 19.5. The van der Waals surface area contributed by atoms with E-state index < -0.39 is 29.7 Å². The Bertz CT molecular complexity index is 1020. The number of ether oxygens (including phenoxy) is 1. The average Bonchev–Trinajstić information content (AvgIpc) is 2.84. The molecule has 9 nitrogen and oxygen atoms in total. The van der Waals surface area contributed by atoms with Crippen molar-refractivity contribution in [1.82, 2.24) is 20.6 Å². The van der Waals surface area contributed by atoms with Crippen molar-refractivity contribution >= 4 is 23.6 Å². The first kappa shape index (κ1) is 25.0. The van der Waals surface area contributed by atoms with E-state index in [4.69, 9.17) is 4.74 Å². The van der Waals surface area contributed by atoms with Gasteiger partial charge in [0.2, 0.25) is 5.78 Å². The number of fused-ring (bicyclic) bond motifs is 1. The number of nitrogens with zero attached hydrogens (tertiary/aromatic N) is 2. The van der Waals surface area contributed by atoms with Crippen LogP contribution in [0.25, 0.3) is 0 Å². The summed E-state index contributed by atoms with van der Waals surface area (Å²) in [4.78, 5) is 59.2. The van der Waals surface area contributed by atoms with Gasteiger partial charge in [0.05, 0.1) is 24.0 Å². The molecule has 3 rings (SSSR count). The molecule has 0 saturated carbocycles. The zero-order valence-corrected chi connectivity index (χ0v) is 19.5. The molecule has 0 bridgehead atoms. The van der Waals surface area contributed by atoms with Crippen LogP contribution in [0.1, 0.15) is 50.1 Å². The van der Waals surface area contributed by atoms with Crippen LogP contribution >= 0.6 is 0 Å². The van der Waals surface area contributed by atoms with Crippen LogP contribution in [-0.4, -0.2) is 39.6 Å². The van der Waals surface area contributed by atoms with E-state index in [1.165, 1.54) is 0 Å². The number of carbonyl (C=O) groups is 4. The summed E-state index contributed by atoms with van der Waals surface area (Å²) < 4.78 is 5.24. The molecule has 9 heteroatoms. The van der Waals surface area contributed by atoms with E-state index in [2.05, 4.69) is 20.6 Å². The maximum absolute atomic E-state index is 13.1. The molecular weight excluding hydrogens is 436 g/mol. The summed E-state index contributed by atoms with van der Waals surface area (Å²) in [6, 6.07) is 8.38. The number of benzene rings is 1. The standard InChI is InChI=1S/C25H30N4O5/c1-16(2)22(29-25(33)34-15-17-7-4-3-5-8-17)21(30)13-18-9-6-10-19-20(27-12-11-26-19)14-28-24(32)23(18)31/h3-5,7-8,11-12,16,18,22H,6,9-10,13-15H2,1-2H3,(H,28,32)(H,29,33). The van der Waals surface area contributed by atoms with Crippen LogP contribution in [-0.2, 0) is 38.7 Å². The van der Waals surface area contributed by atoms with Crippen molar-refractivity contribution in [2.24, 2.45) is 11.8 Å². The fourth-order valence-electron chi connectivity index (χ4n) is 3.91. The SMILES string of the molecule is CC(C)C(NC(=O)OCc1ccccc1)C(=O)CC1CCCc2nccnc2CNC(=O)C1=O. The van der Waals surface area contributed by atoms with Crippen LogP contribution in [0, 0.1) is 11.8 Å². The molecule has 34 heavy (non-hydrogen) atoms. The highest BCUT2D eigenvalue weighted by Gasteiger charge is 2.32. The molecule has 1 aliphatic rings. The molecule has 0 spiro atoms. The molecular formula is C25H30N4O5. The monoisotopic (exact) mass is 466 g/mol. The summed E-state index contributed by atoms with van der Waals surface area (Å²) in [7, 11) is 0. The second-order valence-electron chi connectivity index (χ2n) is 8.68. The summed E-state index contributed by atoms with van der Waals surface area (Å²) in [5.41, 5.74) is 2.23. The lowest BCUT2D eigenvalue weighted by atomic mass is 9.86. The highest BCUT2D eigenvalue weighted by Crippen LogP contribution is 2.20. The van der Waals surface area contributed by atoms with E-state index >= 15 is 0 Å². The van der Waals surface area contributed by atoms with E-state index in [-0.39, 0.29) is 31.3 Å². The van der Waals surface area contributed by atoms with Gasteiger partial charge >= 0.3 is 6.09 Å². The van der Waals surface area contributed by atoms with E-state index in [1.54, 1.807) is 26.2 Å². The first-order valence-corrected chi connectivity index (χ1v) is 11.5. The molecule has 0 saturated heterocycles. The molecule has 180 valence electrons. The summed E-state index contributed by atoms with van der Waals surface area (Å²) in [6.07, 6.45) is 3.83. The summed E-state index contributed by atoms with van der Waals surface area (Å²) in [5, 5.41) is 5.21. The number of aromatic nitrogens is 2. The molecule has 1 aromatic heterocycles. The Morgan fingerprint density at radius 3 is 2.53 bits per heavy atom. The fraction of sp³-hybridized carbons (Fsp3) is 0.440. The highest BCUT2D eigenvalue weighted by molar-refractivity contribution is 6.37. The molecule has 0 radical (unpaired) electrons. The minimum Gasteiger partial charge on any atom is -0.445 e. The van der Waals surface area contributed by atoms with E-state index in [1.807, 2.05) is 30.3 Å². The topological polar surface area (TPSA) is 127 Å². The molecule has 2 unspecified atom stereocenters.